The Hall–Kier alpha value is -0.830. The van der Waals surface area contributed by atoms with Crippen LogP contribution in [0.3, 0.4) is 0 Å². The zero-order chi connectivity index (χ0) is 17.2. The zero-order valence-corrected chi connectivity index (χ0v) is 14.5. The van der Waals surface area contributed by atoms with Crippen molar-refractivity contribution in [1.82, 2.24) is 0 Å². The van der Waals surface area contributed by atoms with Gasteiger partial charge in [0.15, 0.2) is 24.0 Å². The van der Waals surface area contributed by atoms with Crippen molar-refractivity contribution in [1.29, 1.82) is 0 Å². The van der Waals surface area contributed by atoms with Gasteiger partial charge in [-0.2, -0.15) is 0 Å². The number of carbonyl (C=O) groups excluding carboxylic acids is 1. The van der Waals surface area contributed by atoms with Crippen LogP contribution in [0.5, 0.6) is 0 Å². The Morgan fingerprint density at radius 3 is 2.79 bits per heavy atom. The minimum atomic E-state index is -0.823. The second kappa shape index (κ2) is 7.59. The normalized spacial score (nSPS) is 35.6. The molecule has 0 radical (unpaired) electrons. The third kappa shape index (κ3) is 4.04. The number of carbonyl (C=O) groups is 1. The highest BCUT2D eigenvalue weighted by molar-refractivity contribution is 5.96. The van der Waals surface area contributed by atoms with E-state index in [1.165, 1.54) is 0 Å². The summed E-state index contributed by atoms with van der Waals surface area (Å²) in [5, 5.41) is 0. The summed E-state index contributed by atoms with van der Waals surface area (Å²) in [6, 6.07) is 0. The molecule has 0 saturated carbocycles. The van der Waals surface area contributed by atoms with Gasteiger partial charge in [0.05, 0.1) is 6.61 Å². The smallest absolute Gasteiger partial charge is 0.187 e. The van der Waals surface area contributed by atoms with Crippen LogP contribution in [0.25, 0.3) is 0 Å². The average molecular weight is 342 g/mol. The molecule has 2 aliphatic heterocycles. The van der Waals surface area contributed by atoms with Crippen LogP contribution in [0.2, 0.25) is 0 Å². The molecule has 0 spiro atoms. The van der Waals surface area contributed by atoms with Crippen molar-refractivity contribution in [2.24, 2.45) is 0 Å². The molecule has 136 valence electrons. The molecule has 0 aromatic carbocycles. The maximum absolute atomic E-state index is 12.4. The van der Waals surface area contributed by atoms with Crippen LogP contribution in [0.1, 0.15) is 33.1 Å². The van der Waals surface area contributed by atoms with Crippen molar-refractivity contribution >= 4 is 5.78 Å². The van der Waals surface area contributed by atoms with E-state index in [0.717, 1.165) is 24.8 Å². The number of methoxy groups -OCH3 is 1. The highest BCUT2D eigenvalue weighted by atomic mass is 16.8. The first-order chi connectivity index (χ1) is 11.5. The van der Waals surface area contributed by atoms with E-state index in [1.54, 1.807) is 27.0 Å². The summed E-state index contributed by atoms with van der Waals surface area (Å²) in [4.78, 5) is 12.4. The summed E-state index contributed by atoms with van der Waals surface area (Å²) in [5.41, 5.74) is 0.730. The van der Waals surface area contributed by atoms with E-state index >= 15 is 0 Å². The summed E-state index contributed by atoms with van der Waals surface area (Å²) in [7, 11) is 1.55. The maximum atomic E-state index is 12.4. The largest absolute Gasteiger partial charge is 0.359 e. The monoisotopic (exact) mass is 342 g/mol. The van der Waals surface area contributed by atoms with Crippen LogP contribution in [-0.2, 0) is 33.2 Å². The molecule has 0 N–H and O–H groups in total. The van der Waals surface area contributed by atoms with Crippen molar-refractivity contribution in [3.63, 3.8) is 0 Å². The fourth-order valence-electron chi connectivity index (χ4n) is 3.29. The highest BCUT2D eigenvalue weighted by Crippen LogP contribution is 2.37. The van der Waals surface area contributed by atoms with Gasteiger partial charge in [-0.15, -0.1) is 0 Å². The van der Waals surface area contributed by atoms with Crippen molar-refractivity contribution in [3.05, 3.63) is 11.6 Å². The summed E-state index contributed by atoms with van der Waals surface area (Å²) in [6.07, 6.45) is 2.73. The van der Waals surface area contributed by atoms with Gasteiger partial charge < -0.3 is 28.4 Å². The summed E-state index contributed by atoms with van der Waals surface area (Å²) in [6.45, 7) is 4.65. The molecule has 3 aliphatic rings. The predicted molar refractivity (Wildman–Crippen MR) is 83.2 cm³/mol. The Morgan fingerprint density at radius 1 is 1.25 bits per heavy atom. The average Bonchev–Trinajstić information content (AvgIpc) is 2.89. The molecule has 1 aliphatic carbocycles. The van der Waals surface area contributed by atoms with E-state index in [-0.39, 0.29) is 25.5 Å². The van der Waals surface area contributed by atoms with Crippen molar-refractivity contribution in [3.8, 4) is 0 Å². The summed E-state index contributed by atoms with van der Waals surface area (Å²) in [5.74, 6) is -0.943. The Labute approximate surface area is 142 Å². The van der Waals surface area contributed by atoms with Gasteiger partial charge in [-0.05, 0) is 44.8 Å². The first-order valence-corrected chi connectivity index (χ1v) is 8.44. The Kier molecular flexibility index (Phi) is 5.69. The first kappa shape index (κ1) is 18.0. The van der Waals surface area contributed by atoms with Crippen LogP contribution in [0.4, 0.5) is 0 Å². The molecule has 3 rings (SSSR count). The van der Waals surface area contributed by atoms with Crippen molar-refractivity contribution in [2.75, 3.05) is 27.1 Å². The third-order valence-corrected chi connectivity index (χ3v) is 4.34. The fourth-order valence-corrected chi connectivity index (χ4v) is 3.29. The number of fused-ring (bicyclic) bond motifs is 1. The zero-order valence-electron chi connectivity index (χ0n) is 14.5. The molecule has 7 nitrogen and oxygen atoms in total. The summed E-state index contributed by atoms with van der Waals surface area (Å²) < 4.78 is 33.8. The summed E-state index contributed by atoms with van der Waals surface area (Å²) >= 11 is 0. The molecule has 0 aromatic heterocycles. The van der Waals surface area contributed by atoms with Crippen molar-refractivity contribution < 1.29 is 33.2 Å². The molecule has 24 heavy (non-hydrogen) atoms. The van der Waals surface area contributed by atoms with Gasteiger partial charge in [0.1, 0.15) is 19.0 Å². The van der Waals surface area contributed by atoms with E-state index in [2.05, 4.69) is 0 Å². The van der Waals surface area contributed by atoms with E-state index in [0.29, 0.717) is 6.61 Å². The molecule has 0 bridgehead atoms. The lowest BCUT2D eigenvalue weighted by Gasteiger charge is -2.32. The molecule has 2 fully saturated rings. The molecule has 2 heterocycles. The quantitative estimate of drug-likeness (QED) is 0.678. The van der Waals surface area contributed by atoms with Gasteiger partial charge in [0, 0.05) is 13.7 Å². The Morgan fingerprint density at radius 2 is 2.08 bits per heavy atom. The van der Waals surface area contributed by atoms with Gasteiger partial charge in [-0.1, -0.05) is 0 Å². The van der Waals surface area contributed by atoms with Gasteiger partial charge >= 0.3 is 0 Å². The Balaban J connectivity index is 1.70. The SMILES string of the molecule is COCO[C@@H]1C(COC2CCCCO2)=CC(=O)[C@@H]2OC(C)(C)O[C@H]12. The lowest BCUT2D eigenvalue weighted by molar-refractivity contribution is -0.173. The molecular weight excluding hydrogens is 316 g/mol. The number of hydrogen-bond donors (Lipinski definition) is 0. The van der Waals surface area contributed by atoms with Gasteiger partial charge in [0.25, 0.3) is 0 Å². The molecule has 4 atom stereocenters. The second-order valence-electron chi connectivity index (χ2n) is 6.74. The van der Waals surface area contributed by atoms with E-state index in [4.69, 9.17) is 28.4 Å². The molecule has 0 aromatic rings. The van der Waals surface area contributed by atoms with E-state index in [1.807, 2.05) is 0 Å². The number of hydrogen-bond acceptors (Lipinski definition) is 7. The number of ether oxygens (including phenoxy) is 6. The minimum absolute atomic E-state index is 0.100. The maximum Gasteiger partial charge on any atom is 0.187 e. The topological polar surface area (TPSA) is 72.5 Å². The highest BCUT2D eigenvalue weighted by Gasteiger charge is 2.52. The fraction of sp³-hybridized carbons (Fsp3) is 0.824. The number of rotatable bonds is 6. The van der Waals surface area contributed by atoms with E-state index in [9.17, 15) is 4.79 Å². The molecule has 1 unspecified atom stereocenters. The van der Waals surface area contributed by atoms with Gasteiger partial charge in [0.2, 0.25) is 0 Å². The van der Waals surface area contributed by atoms with Gasteiger partial charge in [-0.3, -0.25) is 4.79 Å². The lowest BCUT2D eigenvalue weighted by atomic mass is 9.91. The standard InChI is InChI=1S/C17H26O7/c1-17(2)23-15-12(18)8-11(9-21-13-6-4-5-7-20-13)14(16(15)24-17)22-10-19-3/h8,13-16H,4-7,9-10H2,1-3H3/t13?,14-,15+,16-/m1/s1. The first-order valence-electron chi connectivity index (χ1n) is 8.44. The third-order valence-electron chi connectivity index (χ3n) is 4.34. The Bertz CT molecular complexity index is 481. The lowest BCUT2D eigenvalue weighted by Crippen LogP contribution is -2.47. The molecule has 7 heteroatoms. The van der Waals surface area contributed by atoms with Crippen molar-refractivity contribution in [2.45, 2.75) is 63.5 Å². The predicted octanol–water partition coefficient (Wildman–Crippen LogP) is 1.55. The number of ketones is 1. The van der Waals surface area contributed by atoms with E-state index < -0.39 is 24.1 Å². The van der Waals surface area contributed by atoms with Crippen LogP contribution < -0.4 is 0 Å². The molecular formula is C17H26O7. The van der Waals surface area contributed by atoms with Crippen LogP contribution in [0.15, 0.2) is 11.6 Å². The van der Waals surface area contributed by atoms with Gasteiger partial charge in [-0.25, -0.2) is 0 Å². The van der Waals surface area contributed by atoms with Crippen LogP contribution in [-0.4, -0.2) is 63.3 Å². The molecule has 0 amide bonds. The minimum Gasteiger partial charge on any atom is -0.359 e. The van der Waals surface area contributed by atoms with Crippen LogP contribution in [0, 0.1) is 0 Å². The molecule has 2 saturated heterocycles. The van der Waals surface area contributed by atoms with Crippen LogP contribution >= 0.6 is 0 Å². The second-order valence-corrected chi connectivity index (χ2v) is 6.74.